The lowest BCUT2D eigenvalue weighted by Gasteiger charge is -2.12. The summed E-state index contributed by atoms with van der Waals surface area (Å²) in [6, 6.07) is 0. The predicted molar refractivity (Wildman–Crippen MR) is 131 cm³/mol. The van der Waals surface area contributed by atoms with Gasteiger partial charge in [0.1, 0.15) is 0 Å². The summed E-state index contributed by atoms with van der Waals surface area (Å²) < 4.78 is 0. The molecule has 0 bridgehead atoms. The number of hydrogen-bond donors (Lipinski definition) is 3. The van der Waals surface area contributed by atoms with Crippen LogP contribution in [0.1, 0.15) is 149 Å². The molecule has 0 aliphatic carbocycles. The van der Waals surface area contributed by atoms with Gasteiger partial charge in [-0.25, -0.2) is 0 Å². The first-order valence-electron chi connectivity index (χ1n) is 12.9. The molecule has 0 spiro atoms. The maximum Gasteiger partial charge on any atom is 0.303 e. The van der Waals surface area contributed by atoms with Gasteiger partial charge in [0.05, 0.1) is 6.61 Å². The second-order valence-corrected chi connectivity index (χ2v) is 9.65. The molecule has 0 aromatic heterocycles. The fourth-order valence-corrected chi connectivity index (χ4v) is 3.35. The Morgan fingerprint density at radius 2 is 0.867 bits per heavy atom. The van der Waals surface area contributed by atoms with Crippen molar-refractivity contribution in [2.24, 2.45) is 5.73 Å². The topological polar surface area (TPSA) is 83.5 Å². The van der Waals surface area contributed by atoms with Gasteiger partial charge in [0.15, 0.2) is 0 Å². The number of aliphatic hydroxyl groups excluding tert-OH is 1. The number of carbonyl (C=O) groups is 1. The Hall–Kier alpha value is -0.610. The molecule has 4 nitrogen and oxygen atoms in total. The van der Waals surface area contributed by atoms with E-state index in [1.165, 1.54) is 109 Å². The van der Waals surface area contributed by atoms with Crippen LogP contribution in [0, 0.1) is 0 Å². The molecule has 182 valence electrons. The molecular weight excluding hydrogens is 374 g/mol. The molecule has 0 aromatic carbocycles. The molecule has 0 fully saturated rings. The first kappa shape index (κ1) is 31.6. The minimum atomic E-state index is -0.651. The van der Waals surface area contributed by atoms with Gasteiger partial charge in [-0.3, -0.25) is 4.79 Å². The molecule has 0 aromatic rings. The van der Waals surface area contributed by atoms with E-state index in [9.17, 15) is 4.79 Å². The fraction of sp³-hybridized carbons (Fsp3) is 0.962. The number of aliphatic carboxylic acids is 1. The van der Waals surface area contributed by atoms with Crippen LogP contribution in [0.4, 0.5) is 0 Å². The number of aliphatic hydroxyl groups is 1. The van der Waals surface area contributed by atoms with Crippen molar-refractivity contribution in [2.45, 2.75) is 155 Å². The van der Waals surface area contributed by atoms with Gasteiger partial charge < -0.3 is 15.9 Å². The number of carboxylic acid groups (broad SMARTS) is 1. The van der Waals surface area contributed by atoms with Gasteiger partial charge in [-0.15, -0.1) is 0 Å². The van der Waals surface area contributed by atoms with Crippen molar-refractivity contribution in [3.05, 3.63) is 0 Å². The highest BCUT2D eigenvalue weighted by molar-refractivity contribution is 5.66. The van der Waals surface area contributed by atoms with E-state index in [1.54, 1.807) is 13.8 Å². The number of unbranched alkanes of at least 4 members (excludes halogenated alkanes) is 18. The van der Waals surface area contributed by atoms with Gasteiger partial charge in [0, 0.05) is 12.0 Å². The molecule has 0 saturated heterocycles. The maximum absolute atomic E-state index is 10.4. The highest BCUT2D eigenvalue weighted by atomic mass is 16.4. The summed E-state index contributed by atoms with van der Waals surface area (Å²) in [5, 5.41) is 16.8. The van der Waals surface area contributed by atoms with Crippen LogP contribution < -0.4 is 5.73 Å². The van der Waals surface area contributed by atoms with Gasteiger partial charge >= 0.3 is 5.97 Å². The lowest BCUT2D eigenvalue weighted by molar-refractivity contribution is -0.137. The molecule has 0 rings (SSSR count). The van der Waals surface area contributed by atoms with E-state index in [0.717, 1.165) is 12.8 Å². The summed E-state index contributed by atoms with van der Waals surface area (Å²) in [5.41, 5.74) is 4.88. The van der Waals surface area contributed by atoms with E-state index < -0.39 is 11.5 Å². The van der Waals surface area contributed by atoms with E-state index in [1.807, 2.05) is 0 Å². The largest absolute Gasteiger partial charge is 0.481 e. The molecule has 0 aliphatic heterocycles. The van der Waals surface area contributed by atoms with Crippen LogP contribution in [0.2, 0.25) is 0 Å². The van der Waals surface area contributed by atoms with Gasteiger partial charge in [-0.05, 0) is 20.3 Å². The number of nitrogens with two attached hydrogens (primary N) is 1. The smallest absolute Gasteiger partial charge is 0.303 e. The van der Waals surface area contributed by atoms with Crippen LogP contribution in [0.3, 0.4) is 0 Å². The summed E-state index contributed by atoms with van der Waals surface area (Å²) in [6.07, 6.45) is 26.1. The fourth-order valence-electron chi connectivity index (χ4n) is 3.35. The standard InChI is InChI=1S/C22H44O2.C4H11NO/c1-2-3-4-5-6-7-8-9-10-11-12-13-14-15-16-17-18-19-20-21-22(23)24;1-4(2,5)3-6/h2-21H2,1H3,(H,23,24);6H,3,5H2,1-2H3. The first-order chi connectivity index (χ1) is 14.3. The third-order valence-electron chi connectivity index (χ3n) is 5.40. The number of rotatable bonds is 21. The second kappa shape index (κ2) is 24.7. The average Bonchev–Trinajstić information content (AvgIpc) is 2.69. The van der Waals surface area contributed by atoms with Crippen LogP contribution in [0.25, 0.3) is 0 Å². The van der Waals surface area contributed by atoms with Crippen molar-refractivity contribution in [1.29, 1.82) is 0 Å². The summed E-state index contributed by atoms with van der Waals surface area (Å²) in [5.74, 6) is -0.651. The molecule has 0 amide bonds. The van der Waals surface area contributed by atoms with Crippen molar-refractivity contribution in [1.82, 2.24) is 0 Å². The van der Waals surface area contributed by atoms with Gasteiger partial charge in [-0.2, -0.15) is 0 Å². The zero-order valence-electron chi connectivity index (χ0n) is 20.7. The molecule has 0 atom stereocenters. The van der Waals surface area contributed by atoms with Crippen molar-refractivity contribution in [2.75, 3.05) is 6.61 Å². The third kappa shape index (κ3) is 34.9. The van der Waals surface area contributed by atoms with E-state index in [-0.39, 0.29) is 6.61 Å². The highest BCUT2D eigenvalue weighted by Crippen LogP contribution is 2.14. The summed E-state index contributed by atoms with van der Waals surface area (Å²) in [7, 11) is 0. The molecule has 0 heterocycles. The molecule has 30 heavy (non-hydrogen) atoms. The maximum atomic E-state index is 10.4. The summed E-state index contributed by atoms with van der Waals surface area (Å²) >= 11 is 0. The minimum absolute atomic E-state index is 0.0486. The number of hydrogen-bond acceptors (Lipinski definition) is 3. The van der Waals surface area contributed by atoms with Gasteiger partial charge in [-0.1, -0.05) is 122 Å². The molecule has 0 radical (unpaired) electrons. The number of carboxylic acids is 1. The van der Waals surface area contributed by atoms with Crippen LogP contribution in [0.15, 0.2) is 0 Å². The van der Waals surface area contributed by atoms with Gasteiger partial charge in [0.25, 0.3) is 0 Å². The highest BCUT2D eigenvalue weighted by Gasteiger charge is 2.05. The zero-order chi connectivity index (χ0) is 22.9. The van der Waals surface area contributed by atoms with Gasteiger partial charge in [0.2, 0.25) is 0 Å². The van der Waals surface area contributed by atoms with Crippen LogP contribution >= 0.6 is 0 Å². The molecule has 4 heteroatoms. The van der Waals surface area contributed by atoms with E-state index in [4.69, 9.17) is 15.9 Å². The van der Waals surface area contributed by atoms with Crippen LogP contribution in [-0.4, -0.2) is 28.3 Å². The Labute approximate surface area is 188 Å². The zero-order valence-corrected chi connectivity index (χ0v) is 20.7. The minimum Gasteiger partial charge on any atom is -0.481 e. The van der Waals surface area contributed by atoms with E-state index >= 15 is 0 Å². The van der Waals surface area contributed by atoms with Crippen molar-refractivity contribution in [3.63, 3.8) is 0 Å². The van der Waals surface area contributed by atoms with E-state index in [2.05, 4.69) is 6.92 Å². The molecular formula is C26H55NO3. The predicted octanol–water partition coefficient (Wildman–Crippen LogP) is 7.61. The van der Waals surface area contributed by atoms with E-state index in [0.29, 0.717) is 6.42 Å². The SMILES string of the molecule is CC(C)(N)CO.CCCCCCCCCCCCCCCCCCCCCC(=O)O. The average molecular weight is 430 g/mol. The van der Waals surface area contributed by atoms with Crippen LogP contribution in [0.5, 0.6) is 0 Å². The molecule has 0 unspecified atom stereocenters. The molecule has 0 aliphatic rings. The second-order valence-electron chi connectivity index (χ2n) is 9.65. The lowest BCUT2D eigenvalue weighted by Crippen LogP contribution is -2.35. The molecule has 0 saturated carbocycles. The monoisotopic (exact) mass is 429 g/mol. The molecule has 4 N–H and O–H groups in total. The Kier molecular flexibility index (Phi) is 26.0. The Morgan fingerprint density at radius 1 is 0.633 bits per heavy atom. The first-order valence-corrected chi connectivity index (χ1v) is 12.9. The van der Waals surface area contributed by atoms with Crippen molar-refractivity contribution >= 4 is 5.97 Å². The van der Waals surface area contributed by atoms with Crippen molar-refractivity contribution < 1.29 is 15.0 Å². The Balaban J connectivity index is 0. The lowest BCUT2D eigenvalue weighted by atomic mass is 10.0. The third-order valence-corrected chi connectivity index (χ3v) is 5.40. The Bertz CT molecular complexity index is 340. The van der Waals surface area contributed by atoms with Crippen molar-refractivity contribution in [3.8, 4) is 0 Å². The normalized spacial score (nSPS) is 11.2. The summed E-state index contributed by atoms with van der Waals surface area (Å²) in [6.45, 7) is 5.87. The Morgan fingerprint density at radius 3 is 1.07 bits per heavy atom. The van der Waals surface area contributed by atoms with Crippen LogP contribution in [-0.2, 0) is 4.79 Å². The summed E-state index contributed by atoms with van der Waals surface area (Å²) in [4.78, 5) is 10.4. The quantitative estimate of drug-likeness (QED) is 0.164.